The predicted molar refractivity (Wildman–Crippen MR) is 73.1 cm³/mol. The SMILES string of the molecule is CC1SCCC1(CN)N(C)c1ccc(F)cc1. The number of hydrogen-bond acceptors (Lipinski definition) is 3. The van der Waals surface area contributed by atoms with Crippen molar-refractivity contribution in [3.8, 4) is 0 Å². The zero-order valence-electron chi connectivity index (χ0n) is 10.3. The normalized spacial score (nSPS) is 28.4. The molecule has 2 rings (SSSR count). The van der Waals surface area contributed by atoms with E-state index in [2.05, 4.69) is 18.9 Å². The Hall–Kier alpha value is -0.740. The van der Waals surface area contributed by atoms with E-state index >= 15 is 0 Å². The molecule has 1 saturated heterocycles. The van der Waals surface area contributed by atoms with Gasteiger partial charge in [0, 0.05) is 24.5 Å². The molecule has 0 amide bonds. The van der Waals surface area contributed by atoms with E-state index < -0.39 is 0 Å². The molecule has 0 bridgehead atoms. The van der Waals surface area contributed by atoms with Crippen molar-refractivity contribution in [2.24, 2.45) is 5.73 Å². The topological polar surface area (TPSA) is 29.3 Å². The molecule has 0 saturated carbocycles. The molecule has 0 aromatic heterocycles. The lowest BCUT2D eigenvalue weighted by molar-refractivity contribution is 0.415. The van der Waals surface area contributed by atoms with E-state index in [1.807, 2.05) is 23.9 Å². The molecule has 94 valence electrons. The van der Waals surface area contributed by atoms with Crippen molar-refractivity contribution in [3.05, 3.63) is 30.1 Å². The third kappa shape index (κ3) is 2.16. The Bertz CT molecular complexity index is 382. The molecule has 17 heavy (non-hydrogen) atoms. The van der Waals surface area contributed by atoms with Crippen molar-refractivity contribution in [3.63, 3.8) is 0 Å². The largest absolute Gasteiger partial charge is 0.366 e. The second-order valence-corrected chi connectivity index (χ2v) is 6.05. The molecule has 4 heteroatoms. The summed E-state index contributed by atoms with van der Waals surface area (Å²) in [4.78, 5) is 2.22. The molecular weight excluding hydrogens is 235 g/mol. The first-order chi connectivity index (χ1) is 8.10. The Kier molecular flexibility index (Phi) is 3.64. The van der Waals surface area contributed by atoms with Crippen LogP contribution in [0.3, 0.4) is 0 Å². The summed E-state index contributed by atoms with van der Waals surface area (Å²) in [6.07, 6.45) is 1.09. The molecule has 2 nitrogen and oxygen atoms in total. The molecule has 0 radical (unpaired) electrons. The van der Waals surface area contributed by atoms with Gasteiger partial charge in [-0.2, -0.15) is 11.8 Å². The summed E-state index contributed by atoms with van der Waals surface area (Å²) in [5.41, 5.74) is 7.03. The molecule has 1 heterocycles. The van der Waals surface area contributed by atoms with E-state index in [1.165, 1.54) is 12.1 Å². The number of benzene rings is 1. The smallest absolute Gasteiger partial charge is 0.123 e. The molecule has 1 fully saturated rings. The van der Waals surface area contributed by atoms with Crippen molar-refractivity contribution >= 4 is 17.4 Å². The minimum absolute atomic E-state index is 0.00248. The Morgan fingerprint density at radius 2 is 2.12 bits per heavy atom. The maximum Gasteiger partial charge on any atom is 0.123 e. The zero-order valence-corrected chi connectivity index (χ0v) is 11.1. The molecule has 0 aliphatic carbocycles. The summed E-state index contributed by atoms with van der Waals surface area (Å²) in [5, 5.41) is 0.502. The fraction of sp³-hybridized carbons (Fsp3) is 0.538. The third-order valence-electron chi connectivity index (χ3n) is 3.89. The number of halogens is 1. The first kappa shape index (κ1) is 12.7. The van der Waals surface area contributed by atoms with Gasteiger partial charge in [0.25, 0.3) is 0 Å². The standard InChI is InChI=1S/C13H19FN2S/c1-10-13(9-15,7-8-17-10)16(2)12-5-3-11(14)4-6-12/h3-6,10H,7-9,15H2,1-2H3. The van der Waals surface area contributed by atoms with Gasteiger partial charge in [0.1, 0.15) is 5.82 Å². The number of thioether (sulfide) groups is 1. The van der Waals surface area contributed by atoms with Gasteiger partial charge in [0.15, 0.2) is 0 Å². The van der Waals surface area contributed by atoms with Crippen LogP contribution in [0.1, 0.15) is 13.3 Å². The number of anilines is 1. The molecule has 1 aromatic carbocycles. The highest BCUT2D eigenvalue weighted by Crippen LogP contribution is 2.40. The minimum Gasteiger partial charge on any atom is -0.366 e. The van der Waals surface area contributed by atoms with Crippen LogP contribution in [0.2, 0.25) is 0 Å². The van der Waals surface area contributed by atoms with Crippen LogP contribution >= 0.6 is 11.8 Å². The van der Waals surface area contributed by atoms with E-state index in [-0.39, 0.29) is 11.4 Å². The highest BCUT2D eigenvalue weighted by atomic mass is 32.2. The third-order valence-corrected chi connectivity index (χ3v) is 5.27. The lowest BCUT2D eigenvalue weighted by Gasteiger charge is -2.42. The summed E-state index contributed by atoms with van der Waals surface area (Å²) in [6, 6.07) is 6.65. The average Bonchev–Trinajstić information content (AvgIpc) is 2.71. The fourth-order valence-electron chi connectivity index (χ4n) is 2.54. The molecule has 1 aromatic rings. The van der Waals surface area contributed by atoms with Gasteiger partial charge in [-0.3, -0.25) is 0 Å². The van der Waals surface area contributed by atoms with Crippen molar-refractivity contribution < 1.29 is 4.39 Å². The summed E-state index contributed by atoms with van der Waals surface area (Å²) < 4.78 is 12.9. The molecular formula is C13H19FN2S. The van der Waals surface area contributed by atoms with E-state index in [1.54, 1.807) is 0 Å². The van der Waals surface area contributed by atoms with Crippen LogP contribution in [0.4, 0.5) is 10.1 Å². The van der Waals surface area contributed by atoms with Gasteiger partial charge in [-0.15, -0.1) is 0 Å². The second kappa shape index (κ2) is 4.86. The molecule has 1 aliphatic heterocycles. The zero-order chi connectivity index (χ0) is 12.5. The van der Waals surface area contributed by atoms with Crippen molar-refractivity contribution in [1.82, 2.24) is 0 Å². The van der Waals surface area contributed by atoms with Crippen LogP contribution < -0.4 is 10.6 Å². The van der Waals surface area contributed by atoms with E-state index in [4.69, 9.17) is 5.73 Å². The Morgan fingerprint density at radius 1 is 1.47 bits per heavy atom. The average molecular weight is 254 g/mol. The lowest BCUT2D eigenvalue weighted by atomic mass is 9.90. The summed E-state index contributed by atoms with van der Waals surface area (Å²) in [5.74, 6) is 0.946. The van der Waals surface area contributed by atoms with Crippen LogP contribution in [0, 0.1) is 5.82 Å². The molecule has 2 unspecified atom stereocenters. The Balaban J connectivity index is 2.28. The van der Waals surface area contributed by atoms with Gasteiger partial charge in [-0.1, -0.05) is 6.92 Å². The molecule has 0 spiro atoms. The predicted octanol–water partition coefficient (Wildman–Crippen LogP) is 2.48. The summed E-state index contributed by atoms with van der Waals surface area (Å²) >= 11 is 1.96. The number of likely N-dealkylation sites (N-methyl/N-ethyl adjacent to an activating group) is 1. The molecule has 1 aliphatic rings. The van der Waals surface area contributed by atoms with Crippen LogP contribution in [0.5, 0.6) is 0 Å². The van der Waals surface area contributed by atoms with Gasteiger partial charge in [0.05, 0.1) is 5.54 Å². The van der Waals surface area contributed by atoms with E-state index in [0.717, 1.165) is 17.9 Å². The van der Waals surface area contributed by atoms with Crippen LogP contribution in [-0.2, 0) is 0 Å². The fourth-order valence-corrected chi connectivity index (χ4v) is 4.05. The summed E-state index contributed by atoms with van der Waals surface area (Å²) in [7, 11) is 2.06. The van der Waals surface area contributed by atoms with Gasteiger partial charge in [0.2, 0.25) is 0 Å². The lowest BCUT2D eigenvalue weighted by Crippen LogP contribution is -2.56. The van der Waals surface area contributed by atoms with Crippen LogP contribution in [0.25, 0.3) is 0 Å². The first-order valence-corrected chi connectivity index (χ1v) is 6.96. The van der Waals surface area contributed by atoms with Gasteiger partial charge >= 0.3 is 0 Å². The first-order valence-electron chi connectivity index (χ1n) is 5.91. The monoisotopic (exact) mass is 254 g/mol. The Morgan fingerprint density at radius 3 is 2.59 bits per heavy atom. The number of hydrogen-bond donors (Lipinski definition) is 1. The number of nitrogens with two attached hydrogens (primary N) is 1. The van der Waals surface area contributed by atoms with Crippen LogP contribution in [-0.4, -0.2) is 30.1 Å². The van der Waals surface area contributed by atoms with Crippen molar-refractivity contribution in [1.29, 1.82) is 0 Å². The van der Waals surface area contributed by atoms with Gasteiger partial charge < -0.3 is 10.6 Å². The van der Waals surface area contributed by atoms with Gasteiger partial charge in [-0.05, 0) is 36.4 Å². The molecule has 2 atom stereocenters. The number of rotatable bonds is 3. The van der Waals surface area contributed by atoms with Crippen molar-refractivity contribution in [2.45, 2.75) is 24.1 Å². The maximum absolute atomic E-state index is 12.9. The minimum atomic E-state index is -0.196. The molecule has 2 N–H and O–H groups in total. The van der Waals surface area contributed by atoms with Crippen molar-refractivity contribution in [2.75, 3.05) is 24.2 Å². The quantitative estimate of drug-likeness (QED) is 0.898. The second-order valence-electron chi connectivity index (χ2n) is 4.61. The Labute approximate surface area is 106 Å². The van der Waals surface area contributed by atoms with Gasteiger partial charge in [-0.25, -0.2) is 4.39 Å². The van der Waals surface area contributed by atoms with E-state index in [0.29, 0.717) is 11.8 Å². The highest BCUT2D eigenvalue weighted by molar-refractivity contribution is 8.00. The number of nitrogens with zero attached hydrogens (tertiary/aromatic N) is 1. The van der Waals surface area contributed by atoms with Crippen LogP contribution in [0.15, 0.2) is 24.3 Å². The highest BCUT2D eigenvalue weighted by Gasteiger charge is 2.43. The summed E-state index contributed by atoms with van der Waals surface area (Å²) in [6.45, 7) is 2.86. The van der Waals surface area contributed by atoms with E-state index in [9.17, 15) is 4.39 Å². The maximum atomic E-state index is 12.9.